The quantitative estimate of drug-likeness (QED) is 0.484. The predicted molar refractivity (Wildman–Crippen MR) is 75.5 cm³/mol. The summed E-state index contributed by atoms with van der Waals surface area (Å²) in [5.74, 6) is 1.49. The zero-order chi connectivity index (χ0) is 12.4. The SMILES string of the molecule is [Ir].[c-]1cccc2c3c(n4ccnc4c12)C1CCC3CC1. The molecule has 3 aliphatic carbocycles. The summed E-state index contributed by atoms with van der Waals surface area (Å²) in [4.78, 5) is 4.57. The van der Waals surface area contributed by atoms with Crippen LogP contribution in [0.15, 0.2) is 30.6 Å². The zero-order valence-electron chi connectivity index (χ0n) is 11.1. The van der Waals surface area contributed by atoms with Crippen molar-refractivity contribution in [2.75, 3.05) is 0 Å². The molecule has 1 aromatic carbocycles. The maximum atomic E-state index is 4.57. The van der Waals surface area contributed by atoms with E-state index in [2.05, 4.69) is 33.8 Å². The Balaban J connectivity index is 0.00000106. The van der Waals surface area contributed by atoms with Crippen molar-refractivity contribution in [1.82, 2.24) is 9.38 Å². The molecule has 20 heavy (non-hydrogen) atoms. The van der Waals surface area contributed by atoms with Gasteiger partial charge < -0.3 is 4.40 Å². The smallest absolute Gasteiger partial charge is 0.0606 e. The van der Waals surface area contributed by atoms with Gasteiger partial charge in [-0.2, -0.15) is 0 Å². The average molecular weight is 440 g/mol. The summed E-state index contributed by atoms with van der Waals surface area (Å²) in [6, 6.07) is 9.79. The van der Waals surface area contributed by atoms with Crippen molar-refractivity contribution in [3.05, 3.63) is 47.9 Å². The van der Waals surface area contributed by atoms with Crippen LogP contribution in [0.2, 0.25) is 0 Å². The molecule has 103 valence electrons. The Labute approximate surface area is 131 Å². The van der Waals surface area contributed by atoms with Gasteiger partial charge in [0.2, 0.25) is 0 Å². The van der Waals surface area contributed by atoms with Crippen LogP contribution in [0.25, 0.3) is 16.4 Å². The molecule has 3 aliphatic rings. The molecule has 1 radical (unpaired) electrons. The Bertz CT molecular complexity index is 797. The minimum Gasteiger partial charge on any atom is -0.344 e. The molecule has 0 aliphatic heterocycles. The van der Waals surface area contributed by atoms with Crippen LogP contribution < -0.4 is 0 Å². The third kappa shape index (κ3) is 1.45. The van der Waals surface area contributed by atoms with Crippen molar-refractivity contribution in [3.8, 4) is 0 Å². The van der Waals surface area contributed by atoms with E-state index in [1.165, 1.54) is 36.5 Å². The number of hydrogen-bond acceptors (Lipinski definition) is 1. The Morgan fingerprint density at radius 1 is 1.15 bits per heavy atom. The number of fused-ring (bicyclic) bond motifs is 5. The summed E-state index contributed by atoms with van der Waals surface area (Å²) in [6.45, 7) is 0. The molecule has 0 unspecified atom stereocenters. The largest absolute Gasteiger partial charge is 0.344 e. The van der Waals surface area contributed by atoms with Crippen LogP contribution in [0.4, 0.5) is 0 Å². The molecule has 0 atom stereocenters. The maximum absolute atomic E-state index is 4.57. The predicted octanol–water partition coefficient (Wildman–Crippen LogP) is 4.04. The summed E-state index contributed by atoms with van der Waals surface area (Å²) in [5.41, 5.74) is 4.23. The number of pyridine rings is 1. The van der Waals surface area contributed by atoms with Crippen LogP contribution in [0.5, 0.6) is 0 Å². The first-order valence-corrected chi connectivity index (χ1v) is 7.22. The number of imidazole rings is 1. The van der Waals surface area contributed by atoms with Gasteiger partial charge in [-0.25, -0.2) is 0 Å². The van der Waals surface area contributed by atoms with Gasteiger partial charge in [-0.05, 0) is 37.5 Å². The third-order valence-electron chi connectivity index (χ3n) is 5.07. The topological polar surface area (TPSA) is 17.3 Å². The first-order valence-electron chi connectivity index (χ1n) is 7.22. The van der Waals surface area contributed by atoms with Gasteiger partial charge in [-0.3, -0.25) is 4.98 Å². The van der Waals surface area contributed by atoms with Crippen molar-refractivity contribution in [1.29, 1.82) is 0 Å². The molecular formula is C17H15IrN2-. The second kappa shape index (κ2) is 4.41. The van der Waals surface area contributed by atoms with Crippen LogP contribution in [0, 0.1) is 6.07 Å². The first kappa shape index (κ1) is 12.6. The minimum atomic E-state index is 0. The van der Waals surface area contributed by atoms with Gasteiger partial charge >= 0.3 is 0 Å². The van der Waals surface area contributed by atoms with Crippen LogP contribution in [-0.2, 0) is 20.1 Å². The fraction of sp³-hybridized carbons (Fsp3) is 0.353. The van der Waals surface area contributed by atoms with Crippen molar-refractivity contribution in [3.63, 3.8) is 0 Å². The fourth-order valence-electron chi connectivity index (χ4n) is 4.30. The molecular weight excluding hydrogens is 424 g/mol. The normalized spacial score (nSPS) is 23.8. The monoisotopic (exact) mass is 440 g/mol. The van der Waals surface area contributed by atoms with E-state index in [1.54, 1.807) is 11.3 Å². The standard InChI is InChI=1S/C17H15N2.Ir/c1-2-4-14-13(3-1)15-11-5-7-12(8-6-11)16(15)19-10-9-18-17(14)19;/h1-3,9-12H,5-8H2;/q-1;. The number of nitrogens with zero attached hydrogens (tertiary/aromatic N) is 2. The number of aromatic nitrogens is 2. The summed E-state index contributed by atoms with van der Waals surface area (Å²) in [6.07, 6.45) is 9.50. The van der Waals surface area contributed by atoms with E-state index in [4.69, 9.17) is 0 Å². The molecule has 0 spiro atoms. The van der Waals surface area contributed by atoms with E-state index in [-0.39, 0.29) is 20.1 Å². The molecule has 2 aromatic heterocycles. The number of benzene rings is 1. The summed E-state index contributed by atoms with van der Waals surface area (Å²) in [5, 5.41) is 2.59. The Morgan fingerprint density at radius 3 is 2.80 bits per heavy atom. The van der Waals surface area contributed by atoms with Crippen LogP contribution in [-0.4, -0.2) is 9.38 Å². The Morgan fingerprint density at radius 2 is 1.95 bits per heavy atom. The van der Waals surface area contributed by atoms with E-state index in [0.29, 0.717) is 0 Å². The van der Waals surface area contributed by atoms with E-state index in [0.717, 1.165) is 17.5 Å². The van der Waals surface area contributed by atoms with Gasteiger partial charge in [0.1, 0.15) is 0 Å². The van der Waals surface area contributed by atoms with Gasteiger partial charge in [0.05, 0.1) is 5.65 Å². The average Bonchev–Trinajstić information content (AvgIpc) is 2.98. The van der Waals surface area contributed by atoms with E-state index < -0.39 is 0 Å². The molecule has 1 fully saturated rings. The van der Waals surface area contributed by atoms with Crippen LogP contribution >= 0.6 is 0 Å². The molecule has 3 heteroatoms. The Hall–Kier alpha value is -1.18. The van der Waals surface area contributed by atoms with Gasteiger partial charge in [-0.1, -0.05) is 10.9 Å². The van der Waals surface area contributed by atoms with Crippen molar-refractivity contribution >= 4 is 16.4 Å². The van der Waals surface area contributed by atoms with E-state index in [1.807, 2.05) is 12.3 Å². The number of hydrogen-bond donors (Lipinski definition) is 0. The molecule has 0 saturated heterocycles. The fourth-order valence-corrected chi connectivity index (χ4v) is 4.30. The number of rotatable bonds is 0. The van der Waals surface area contributed by atoms with Gasteiger partial charge in [0.25, 0.3) is 0 Å². The summed E-state index contributed by atoms with van der Waals surface area (Å²) >= 11 is 0. The zero-order valence-corrected chi connectivity index (χ0v) is 13.5. The first-order chi connectivity index (χ1) is 9.43. The third-order valence-corrected chi connectivity index (χ3v) is 5.07. The molecule has 3 aromatic rings. The molecule has 0 N–H and O–H groups in total. The Kier molecular flexibility index (Phi) is 2.77. The summed E-state index contributed by atoms with van der Waals surface area (Å²) < 4.78 is 2.34. The second-order valence-corrected chi connectivity index (χ2v) is 5.93. The van der Waals surface area contributed by atoms with Crippen molar-refractivity contribution < 1.29 is 20.1 Å². The van der Waals surface area contributed by atoms with Crippen molar-refractivity contribution in [2.45, 2.75) is 37.5 Å². The van der Waals surface area contributed by atoms with Gasteiger partial charge in [0.15, 0.2) is 0 Å². The maximum Gasteiger partial charge on any atom is 0.0606 e. The van der Waals surface area contributed by atoms with E-state index in [9.17, 15) is 0 Å². The molecule has 2 heterocycles. The molecule has 2 bridgehead atoms. The van der Waals surface area contributed by atoms with Crippen LogP contribution in [0.1, 0.15) is 48.8 Å². The van der Waals surface area contributed by atoms with Crippen molar-refractivity contribution in [2.24, 2.45) is 0 Å². The molecule has 6 rings (SSSR count). The van der Waals surface area contributed by atoms with Crippen LogP contribution in [0.3, 0.4) is 0 Å². The minimum absolute atomic E-state index is 0. The molecule has 0 amide bonds. The van der Waals surface area contributed by atoms with Gasteiger partial charge in [0, 0.05) is 38.2 Å². The summed E-state index contributed by atoms with van der Waals surface area (Å²) in [7, 11) is 0. The van der Waals surface area contributed by atoms with Gasteiger partial charge in [-0.15, -0.1) is 29.7 Å². The second-order valence-electron chi connectivity index (χ2n) is 5.93. The van der Waals surface area contributed by atoms with E-state index >= 15 is 0 Å². The molecule has 1 saturated carbocycles. The molecule has 2 nitrogen and oxygen atoms in total.